The maximum atomic E-state index is 12.3. The molecular formula is C16H21N3O4S. The highest BCUT2D eigenvalue weighted by atomic mass is 32.2. The number of aryl methyl sites for hydroxylation is 1. The van der Waals surface area contributed by atoms with Gasteiger partial charge in [-0.15, -0.1) is 0 Å². The van der Waals surface area contributed by atoms with E-state index in [4.69, 9.17) is 5.11 Å². The number of aromatic nitrogens is 1. The number of likely N-dealkylation sites (N-methyl/N-ethyl adjacent to an activating group) is 1. The van der Waals surface area contributed by atoms with E-state index < -0.39 is 16.0 Å². The monoisotopic (exact) mass is 351 g/mol. The number of carboxylic acid groups (broad SMARTS) is 1. The van der Waals surface area contributed by atoms with E-state index in [0.717, 1.165) is 11.8 Å². The third kappa shape index (κ3) is 3.95. The molecule has 1 heterocycles. The van der Waals surface area contributed by atoms with Crippen LogP contribution in [0, 0.1) is 0 Å². The van der Waals surface area contributed by atoms with Gasteiger partial charge in [0.1, 0.15) is 10.6 Å². The van der Waals surface area contributed by atoms with Gasteiger partial charge in [0, 0.05) is 38.6 Å². The van der Waals surface area contributed by atoms with E-state index >= 15 is 0 Å². The fourth-order valence-corrected chi connectivity index (χ4v) is 3.45. The Kier molecular flexibility index (Phi) is 5.30. The van der Waals surface area contributed by atoms with Crippen LogP contribution in [0.3, 0.4) is 0 Å². The number of nitrogens with one attached hydrogen (secondary N) is 1. The highest BCUT2D eigenvalue weighted by Gasteiger charge is 2.21. The van der Waals surface area contributed by atoms with Crippen molar-refractivity contribution in [3.8, 4) is 0 Å². The zero-order valence-corrected chi connectivity index (χ0v) is 14.6. The summed E-state index contributed by atoms with van der Waals surface area (Å²) in [5.41, 5.74) is 0.905. The molecule has 1 aromatic heterocycles. The standard InChI is InChI=1S/C16H21N3O4S/c1-12(19(3)13-7-5-4-6-8-13)10-17-24(22,23)14-9-15(16(20)21)18(2)11-14/h4-9,11-12,17H,10H2,1-3H3,(H,20,21). The van der Waals surface area contributed by atoms with Gasteiger partial charge in [-0.3, -0.25) is 0 Å². The molecule has 0 bridgehead atoms. The van der Waals surface area contributed by atoms with Gasteiger partial charge in [0.15, 0.2) is 0 Å². The number of benzene rings is 1. The van der Waals surface area contributed by atoms with E-state index in [1.165, 1.54) is 17.8 Å². The summed E-state index contributed by atoms with van der Waals surface area (Å²) in [6.07, 6.45) is 1.29. The Labute approximate surface area is 141 Å². The van der Waals surface area contributed by atoms with E-state index in [9.17, 15) is 13.2 Å². The average molecular weight is 351 g/mol. The minimum atomic E-state index is -3.77. The zero-order chi connectivity index (χ0) is 17.9. The summed E-state index contributed by atoms with van der Waals surface area (Å²) in [6.45, 7) is 2.11. The number of hydrogen-bond acceptors (Lipinski definition) is 4. The lowest BCUT2D eigenvalue weighted by molar-refractivity contribution is 0.0686. The predicted molar refractivity (Wildman–Crippen MR) is 91.9 cm³/mol. The topological polar surface area (TPSA) is 91.6 Å². The summed E-state index contributed by atoms with van der Waals surface area (Å²) in [5.74, 6) is -1.17. The van der Waals surface area contributed by atoms with Crippen molar-refractivity contribution in [2.45, 2.75) is 17.9 Å². The Morgan fingerprint density at radius 2 is 1.96 bits per heavy atom. The van der Waals surface area contributed by atoms with E-state index in [-0.39, 0.29) is 23.2 Å². The SMILES string of the molecule is CC(CNS(=O)(=O)c1cc(C(=O)O)n(C)c1)N(C)c1ccccc1. The number of hydrogen-bond donors (Lipinski definition) is 2. The number of anilines is 1. The van der Waals surface area contributed by atoms with Crippen LogP contribution in [0.25, 0.3) is 0 Å². The molecule has 130 valence electrons. The molecule has 0 radical (unpaired) electrons. The summed E-state index contributed by atoms with van der Waals surface area (Å²) in [6, 6.07) is 10.7. The number of sulfonamides is 1. The average Bonchev–Trinajstić information content (AvgIpc) is 2.96. The number of carboxylic acids is 1. The molecule has 0 saturated heterocycles. The summed E-state index contributed by atoms with van der Waals surface area (Å²) >= 11 is 0. The molecule has 7 nitrogen and oxygen atoms in total. The van der Waals surface area contributed by atoms with Crippen molar-refractivity contribution >= 4 is 21.7 Å². The molecule has 0 spiro atoms. The third-order valence-electron chi connectivity index (χ3n) is 3.90. The number of nitrogens with zero attached hydrogens (tertiary/aromatic N) is 2. The molecule has 1 aromatic carbocycles. The van der Waals surface area contributed by atoms with Gasteiger partial charge < -0.3 is 14.6 Å². The predicted octanol–water partition coefficient (Wildman–Crippen LogP) is 1.53. The lowest BCUT2D eigenvalue weighted by Gasteiger charge is -2.27. The quantitative estimate of drug-likeness (QED) is 0.789. The summed E-state index contributed by atoms with van der Waals surface area (Å²) in [5, 5.41) is 9.02. The first-order valence-electron chi connectivity index (χ1n) is 7.39. The van der Waals surface area contributed by atoms with Crippen molar-refractivity contribution in [3.63, 3.8) is 0 Å². The molecule has 2 rings (SSSR count). The number of para-hydroxylation sites is 1. The van der Waals surface area contributed by atoms with Crippen LogP contribution in [0.5, 0.6) is 0 Å². The Hall–Kier alpha value is -2.32. The van der Waals surface area contributed by atoms with E-state index in [2.05, 4.69) is 4.72 Å². The Bertz CT molecular complexity index is 815. The molecule has 0 aliphatic rings. The summed E-state index contributed by atoms with van der Waals surface area (Å²) < 4.78 is 28.5. The molecule has 1 unspecified atom stereocenters. The Morgan fingerprint density at radius 1 is 1.33 bits per heavy atom. The van der Waals surface area contributed by atoms with Crippen molar-refractivity contribution in [3.05, 3.63) is 48.3 Å². The first kappa shape index (κ1) is 18.0. The van der Waals surface area contributed by atoms with Crippen molar-refractivity contribution in [1.82, 2.24) is 9.29 Å². The van der Waals surface area contributed by atoms with Crippen molar-refractivity contribution in [2.75, 3.05) is 18.5 Å². The van der Waals surface area contributed by atoms with Crippen LogP contribution >= 0.6 is 0 Å². The number of rotatable bonds is 7. The van der Waals surface area contributed by atoms with Crippen LogP contribution in [-0.2, 0) is 17.1 Å². The third-order valence-corrected chi connectivity index (χ3v) is 5.29. The number of carbonyl (C=O) groups is 1. The van der Waals surface area contributed by atoms with E-state index in [0.29, 0.717) is 0 Å². The van der Waals surface area contributed by atoms with Crippen molar-refractivity contribution in [2.24, 2.45) is 7.05 Å². The van der Waals surface area contributed by atoms with Gasteiger partial charge in [0.25, 0.3) is 0 Å². The minimum absolute atomic E-state index is 0.0584. The van der Waals surface area contributed by atoms with E-state index in [1.54, 1.807) is 0 Å². The Morgan fingerprint density at radius 3 is 2.50 bits per heavy atom. The first-order chi connectivity index (χ1) is 11.2. The van der Waals surface area contributed by atoms with Crippen LogP contribution in [-0.4, -0.2) is 43.7 Å². The highest BCUT2D eigenvalue weighted by Crippen LogP contribution is 2.16. The lowest BCUT2D eigenvalue weighted by atomic mass is 10.2. The summed E-state index contributed by atoms with van der Waals surface area (Å²) in [4.78, 5) is 12.9. The molecule has 1 atom stereocenters. The van der Waals surface area contributed by atoms with Gasteiger partial charge in [-0.05, 0) is 25.1 Å². The van der Waals surface area contributed by atoms with Gasteiger partial charge in [-0.2, -0.15) is 0 Å². The van der Waals surface area contributed by atoms with Gasteiger partial charge in [-0.1, -0.05) is 18.2 Å². The molecule has 0 amide bonds. The normalized spacial score (nSPS) is 12.8. The van der Waals surface area contributed by atoms with Crippen LogP contribution in [0.4, 0.5) is 5.69 Å². The van der Waals surface area contributed by atoms with Crippen molar-refractivity contribution in [1.29, 1.82) is 0 Å². The van der Waals surface area contributed by atoms with E-state index in [1.807, 2.05) is 49.2 Å². The maximum Gasteiger partial charge on any atom is 0.352 e. The highest BCUT2D eigenvalue weighted by molar-refractivity contribution is 7.89. The molecule has 2 N–H and O–H groups in total. The van der Waals surface area contributed by atoms with Crippen LogP contribution in [0.2, 0.25) is 0 Å². The Balaban J connectivity index is 2.07. The molecule has 0 aliphatic carbocycles. The molecule has 24 heavy (non-hydrogen) atoms. The first-order valence-corrected chi connectivity index (χ1v) is 8.88. The zero-order valence-electron chi connectivity index (χ0n) is 13.8. The summed E-state index contributed by atoms with van der Waals surface area (Å²) in [7, 11) is -0.385. The molecule has 0 saturated carbocycles. The van der Waals surface area contributed by atoms with Crippen LogP contribution in [0.1, 0.15) is 17.4 Å². The van der Waals surface area contributed by atoms with Crippen molar-refractivity contribution < 1.29 is 18.3 Å². The fourth-order valence-electron chi connectivity index (χ4n) is 2.26. The molecule has 8 heteroatoms. The molecule has 2 aromatic rings. The minimum Gasteiger partial charge on any atom is -0.477 e. The lowest BCUT2D eigenvalue weighted by Crippen LogP contribution is -2.40. The molecule has 0 aliphatic heterocycles. The fraction of sp³-hybridized carbons (Fsp3) is 0.312. The molecule has 0 fully saturated rings. The van der Waals surface area contributed by atoms with Gasteiger partial charge in [0.05, 0.1) is 0 Å². The van der Waals surface area contributed by atoms with Gasteiger partial charge in [-0.25, -0.2) is 17.9 Å². The smallest absolute Gasteiger partial charge is 0.352 e. The molecular weight excluding hydrogens is 330 g/mol. The second-order valence-corrected chi connectivity index (χ2v) is 7.39. The van der Waals surface area contributed by atoms with Crippen LogP contribution < -0.4 is 9.62 Å². The maximum absolute atomic E-state index is 12.3. The van der Waals surface area contributed by atoms with Gasteiger partial charge in [0.2, 0.25) is 10.0 Å². The second-order valence-electron chi connectivity index (χ2n) is 5.62. The van der Waals surface area contributed by atoms with Crippen LogP contribution in [0.15, 0.2) is 47.5 Å². The number of aromatic carboxylic acids is 1. The van der Waals surface area contributed by atoms with Gasteiger partial charge >= 0.3 is 5.97 Å². The largest absolute Gasteiger partial charge is 0.477 e. The second kappa shape index (κ2) is 7.06.